The highest BCUT2D eigenvalue weighted by Crippen LogP contribution is 2.43. The molecule has 2 aromatic carbocycles. The molecule has 3 aromatic rings. The van der Waals surface area contributed by atoms with Crippen molar-refractivity contribution in [2.45, 2.75) is 19.0 Å². The largest absolute Gasteiger partial charge is 0.349 e. The van der Waals surface area contributed by atoms with Crippen LogP contribution in [0.4, 0.5) is 5.69 Å². The maximum atomic E-state index is 6.23. The van der Waals surface area contributed by atoms with E-state index in [4.69, 9.17) is 11.6 Å². The summed E-state index contributed by atoms with van der Waals surface area (Å²) >= 11 is 6.23. The molecular formula is C19H17ClN4. The SMILES string of the molecule is Clc1cccc(N2C=C3CCCN3C2c2ccc3cn[nH]c3c2)c1. The van der Waals surface area contributed by atoms with Crippen LogP contribution in [0.5, 0.6) is 0 Å². The number of nitrogens with zero attached hydrogens (tertiary/aromatic N) is 3. The molecule has 1 saturated heterocycles. The quantitative estimate of drug-likeness (QED) is 0.738. The first kappa shape index (κ1) is 13.9. The van der Waals surface area contributed by atoms with Crippen molar-refractivity contribution in [3.05, 3.63) is 71.1 Å². The minimum absolute atomic E-state index is 0.175. The fourth-order valence-electron chi connectivity index (χ4n) is 3.83. The molecule has 1 aromatic heterocycles. The van der Waals surface area contributed by atoms with E-state index in [0.717, 1.165) is 34.6 Å². The van der Waals surface area contributed by atoms with Crippen molar-refractivity contribution in [1.29, 1.82) is 0 Å². The number of H-pyrrole nitrogens is 1. The normalized spacial score (nSPS) is 19.9. The highest BCUT2D eigenvalue weighted by atomic mass is 35.5. The molecule has 24 heavy (non-hydrogen) atoms. The lowest BCUT2D eigenvalue weighted by atomic mass is 10.1. The molecule has 4 nitrogen and oxygen atoms in total. The summed E-state index contributed by atoms with van der Waals surface area (Å²) in [7, 11) is 0. The number of halogens is 1. The highest BCUT2D eigenvalue weighted by molar-refractivity contribution is 6.30. The fourth-order valence-corrected chi connectivity index (χ4v) is 4.01. The molecular weight excluding hydrogens is 320 g/mol. The van der Waals surface area contributed by atoms with Crippen LogP contribution >= 0.6 is 11.6 Å². The van der Waals surface area contributed by atoms with Crippen molar-refractivity contribution in [1.82, 2.24) is 15.1 Å². The third kappa shape index (κ3) is 2.10. The van der Waals surface area contributed by atoms with Crippen molar-refractivity contribution in [3.63, 3.8) is 0 Å². The van der Waals surface area contributed by atoms with E-state index in [1.54, 1.807) is 0 Å². The molecule has 0 spiro atoms. The van der Waals surface area contributed by atoms with Gasteiger partial charge in [0.05, 0.1) is 11.7 Å². The topological polar surface area (TPSA) is 35.2 Å². The molecule has 1 N–H and O–H groups in total. The Bertz CT molecular complexity index is 945. The Morgan fingerprint density at radius 3 is 3.04 bits per heavy atom. The Morgan fingerprint density at radius 2 is 2.12 bits per heavy atom. The molecule has 0 saturated carbocycles. The van der Waals surface area contributed by atoms with Crippen LogP contribution in [0.1, 0.15) is 24.6 Å². The molecule has 3 heterocycles. The first-order valence-electron chi connectivity index (χ1n) is 8.24. The lowest BCUT2D eigenvalue weighted by Crippen LogP contribution is -2.30. The van der Waals surface area contributed by atoms with Gasteiger partial charge in [0.1, 0.15) is 6.17 Å². The molecule has 0 amide bonds. The zero-order valence-electron chi connectivity index (χ0n) is 13.1. The van der Waals surface area contributed by atoms with Crippen molar-refractivity contribution >= 4 is 28.2 Å². The molecule has 5 rings (SSSR count). The number of hydrogen-bond acceptors (Lipinski definition) is 3. The molecule has 1 fully saturated rings. The van der Waals surface area contributed by atoms with Crippen molar-refractivity contribution in [3.8, 4) is 0 Å². The maximum absolute atomic E-state index is 6.23. The van der Waals surface area contributed by atoms with Gasteiger partial charge in [0.25, 0.3) is 0 Å². The average molecular weight is 337 g/mol. The number of nitrogens with one attached hydrogen (secondary N) is 1. The number of aromatic amines is 1. The lowest BCUT2D eigenvalue weighted by molar-refractivity contribution is 0.319. The molecule has 1 atom stereocenters. The number of aromatic nitrogens is 2. The van der Waals surface area contributed by atoms with Crippen molar-refractivity contribution in [2.75, 3.05) is 11.4 Å². The standard InChI is InChI=1S/C19H17ClN4/c20-15-3-1-4-16(10-15)24-12-17-5-2-8-23(17)19(24)13-6-7-14-11-21-22-18(14)9-13/h1,3-4,6-7,9-12,19H,2,5,8H2,(H,21,22). The van der Waals surface area contributed by atoms with Gasteiger partial charge in [-0.25, -0.2) is 0 Å². The van der Waals surface area contributed by atoms with Gasteiger partial charge in [0, 0.05) is 34.5 Å². The van der Waals surface area contributed by atoms with Gasteiger partial charge in [0.15, 0.2) is 0 Å². The summed E-state index contributed by atoms with van der Waals surface area (Å²) in [6.07, 6.45) is 6.68. The summed E-state index contributed by atoms with van der Waals surface area (Å²) in [6, 6.07) is 14.6. The second-order valence-electron chi connectivity index (χ2n) is 6.39. The van der Waals surface area contributed by atoms with E-state index in [1.165, 1.54) is 17.7 Å². The Kier molecular flexibility index (Phi) is 3.06. The third-order valence-corrected chi connectivity index (χ3v) is 5.15. The van der Waals surface area contributed by atoms with Gasteiger partial charge in [-0.1, -0.05) is 29.8 Å². The molecule has 120 valence electrons. The van der Waals surface area contributed by atoms with E-state index in [1.807, 2.05) is 24.4 Å². The van der Waals surface area contributed by atoms with E-state index in [0.29, 0.717) is 0 Å². The van der Waals surface area contributed by atoms with Gasteiger partial charge >= 0.3 is 0 Å². The van der Waals surface area contributed by atoms with Gasteiger partial charge < -0.3 is 9.80 Å². The Balaban J connectivity index is 1.63. The molecule has 0 bridgehead atoms. The number of anilines is 1. The van der Waals surface area contributed by atoms with Crippen LogP contribution < -0.4 is 4.90 Å². The van der Waals surface area contributed by atoms with Gasteiger partial charge in [-0.2, -0.15) is 5.10 Å². The summed E-state index contributed by atoms with van der Waals surface area (Å²) in [5.74, 6) is 0. The maximum Gasteiger partial charge on any atom is 0.132 e. The smallest absolute Gasteiger partial charge is 0.132 e. The lowest BCUT2D eigenvalue weighted by Gasteiger charge is -2.32. The van der Waals surface area contributed by atoms with Gasteiger partial charge in [0.2, 0.25) is 0 Å². The van der Waals surface area contributed by atoms with E-state index < -0.39 is 0 Å². The summed E-state index contributed by atoms with van der Waals surface area (Å²) in [4.78, 5) is 4.83. The Labute approximate surface area is 145 Å². The summed E-state index contributed by atoms with van der Waals surface area (Å²) < 4.78 is 0. The van der Waals surface area contributed by atoms with E-state index >= 15 is 0 Å². The molecule has 5 heteroatoms. The van der Waals surface area contributed by atoms with Crippen LogP contribution in [-0.4, -0.2) is 21.6 Å². The van der Waals surface area contributed by atoms with Crippen LogP contribution in [0, 0.1) is 0 Å². The molecule has 2 aliphatic rings. The van der Waals surface area contributed by atoms with Gasteiger partial charge in [-0.3, -0.25) is 5.10 Å². The second-order valence-corrected chi connectivity index (χ2v) is 6.83. The third-order valence-electron chi connectivity index (χ3n) is 4.92. The number of hydrogen-bond donors (Lipinski definition) is 1. The highest BCUT2D eigenvalue weighted by Gasteiger charge is 2.36. The molecule has 2 aliphatic heterocycles. The predicted molar refractivity (Wildman–Crippen MR) is 96.8 cm³/mol. The Hall–Kier alpha value is -2.46. The average Bonchev–Trinajstić information content (AvgIpc) is 3.29. The fraction of sp³-hybridized carbons (Fsp3) is 0.211. The number of allylic oxidation sites excluding steroid dienone is 1. The minimum Gasteiger partial charge on any atom is -0.349 e. The van der Waals surface area contributed by atoms with Crippen LogP contribution in [0.3, 0.4) is 0 Å². The monoisotopic (exact) mass is 336 g/mol. The van der Waals surface area contributed by atoms with E-state index in [-0.39, 0.29) is 6.17 Å². The van der Waals surface area contributed by atoms with E-state index in [2.05, 4.69) is 50.5 Å². The first-order chi connectivity index (χ1) is 11.8. The molecule has 0 radical (unpaired) electrons. The number of benzene rings is 2. The van der Waals surface area contributed by atoms with Crippen molar-refractivity contribution < 1.29 is 0 Å². The van der Waals surface area contributed by atoms with Gasteiger partial charge in [-0.15, -0.1) is 0 Å². The van der Waals surface area contributed by atoms with E-state index in [9.17, 15) is 0 Å². The number of fused-ring (bicyclic) bond motifs is 2. The minimum atomic E-state index is 0.175. The molecule has 0 aliphatic carbocycles. The van der Waals surface area contributed by atoms with Crippen LogP contribution in [-0.2, 0) is 0 Å². The number of rotatable bonds is 2. The Morgan fingerprint density at radius 1 is 1.17 bits per heavy atom. The molecule has 1 unspecified atom stereocenters. The zero-order valence-corrected chi connectivity index (χ0v) is 13.9. The van der Waals surface area contributed by atoms with Gasteiger partial charge in [-0.05, 0) is 42.7 Å². The van der Waals surface area contributed by atoms with Crippen LogP contribution in [0.25, 0.3) is 10.9 Å². The first-order valence-corrected chi connectivity index (χ1v) is 8.62. The zero-order chi connectivity index (χ0) is 16.1. The van der Waals surface area contributed by atoms with Crippen LogP contribution in [0.15, 0.2) is 60.6 Å². The summed E-state index contributed by atoms with van der Waals surface area (Å²) in [6.45, 7) is 1.09. The predicted octanol–water partition coefficient (Wildman–Crippen LogP) is 4.67. The summed E-state index contributed by atoms with van der Waals surface area (Å²) in [5, 5.41) is 9.13. The second kappa shape index (κ2) is 5.28. The van der Waals surface area contributed by atoms with Crippen molar-refractivity contribution in [2.24, 2.45) is 0 Å². The van der Waals surface area contributed by atoms with Crippen LogP contribution in [0.2, 0.25) is 5.02 Å². The summed E-state index contributed by atoms with van der Waals surface area (Å²) in [5.41, 5.74) is 4.87.